The minimum absolute atomic E-state index is 0.0176. The Hall–Kier alpha value is -2.95. The lowest BCUT2D eigenvalue weighted by Crippen LogP contribution is -2.36. The van der Waals surface area contributed by atoms with Crippen LogP contribution in [0, 0.1) is 23.7 Å². The Morgan fingerprint density at radius 2 is 1.58 bits per heavy atom. The van der Waals surface area contributed by atoms with Gasteiger partial charge in [-0.25, -0.2) is 0 Å². The number of benzene rings is 1. The van der Waals surface area contributed by atoms with Gasteiger partial charge >= 0.3 is 5.97 Å². The van der Waals surface area contributed by atoms with Gasteiger partial charge in [-0.15, -0.1) is 0 Å². The highest BCUT2D eigenvalue weighted by Gasteiger charge is 2.51. The first-order chi connectivity index (χ1) is 12.6. The average Bonchev–Trinajstić information content (AvgIpc) is 3.25. The molecule has 2 aliphatic carbocycles. The summed E-state index contributed by atoms with van der Waals surface area (Å²) < 4.78 is 0. The van der Waals surface area contributed by atoms with E-state index in [-0.39, 0.29) is 17.7 Å². The van der Waals surface area contributed by atoms with Crippen molar-refractivity contribution in [1.82, 2.24) is 4.98 Å². The second-order valence-electron chi connectivity index (χ2n) is 7.06. The minimum atomic E-state index is -0.880. The summed E-state index contributed by atoms with van der Waals surface area (Å²) in [7, 11) is 0. The zero-order valence-electron chi connectivity index (χ0n) is 14.2. The maximum atomic E-state index is 12.7. The van der Waals surface area contributed by atoms with Crippen molar-refractivity contribution >= 4 is 17.6 Å². The fourth-order valence-electron chi connectivity index (χ4n) is 4.18. The molecule has 0 aliphatic heterocycles. The Balaban J connectivity index is 1.43. The highest BCUT2D eigenvalue weighted by molar-refractivity contribution is 5.96. The second kappa shape index (κ2) is 6.75. The molecule has 132 valence electrons. The molecule has 0 radical (unpaired) electrons. The molecule has 2 N–H and O–H groups in total. The summed E-state index contributed by atoms with van der Waals surface area (Å²) in [5, 5.41) is 12.4. The number of fused-ring (bicyclic) bond motifs is 2. The van der Waals surface area contributed by atoms with Gasteiger partial charge in [0, 0.05) is 18.1 Å². The van der Waals surface area contributed by atoms with Crippen molar-refractivity contribution in [3.8, 4) is 0 Å². The number of allylic oxidation sites excluding steroid dienone is 2. The normalized spacial score (nSPS) is 26.0. The average molecular weight is 348 g/mol. The lowest BCUT2D eigenvalue weighted by molar-refractivity contribution is -0.146. The van der Waals surface area contributed by atoms with Gasteiger partial charge in [0.15, 0.2) is 0 Å². The smallest absolute Gasteiger partial charge is 0.307 e. The number of carboxylic acid groups (broad SMARTS) is 1. The van der Waals surface area contributed by atoms with Gasteiger partial charge in [-0.3, -0.25) is 14.6 Å². The first-order valence-electron chi connectivity index (χ1n) is 8.81. The highest BCUT2D eigenvalue weighted by Crippen LogP contribution is 2.48. The van der Waals surface area contributed by atoms with Gasteiger partial charge in [0.2, 0.25) is 5.91 Å². The number of hydrogen-bond donors (Lipinski definition) is 2. The third-order valence-electron chi connectivity index (χ3n) is 5.43. The molecule has 5 nitrogen and oxygen atoms in total. The Morgan fingerprint density at radius 1 is 0.962 bits per heavy atom. The van der Waals surface area contributed by atoms with E-state index >= 15 is 0 Å². The molecule has 1 amide bonds. The second-order valence-corrected chi connectivity index (χ2v) is 7.06. The molecule has 1 aromatic carbocycles. The third kappa shape index (κ3) is 3.12. The number of nitrogens with one attached hydrogen (secondary N) is 1. The first-order valence-corrected chi connectivity index (χ1v) is 8.81. The van der Waals surface area contributed by atoms with Gasteiger partial charge in [-0.1, -0.05) is 24.3 Å². The number of anilines is 1. The SMILES string of the molecule is O=C(O)[C@H]1[C@H](C(=O)Nc2ccc(Cc3ccncc3)cc2)[C@H]2C=C[C@H]1C2. The molecule has 26 heavy (non-hydrogen) atoms. The molecule has 1 fully saturated rings. The van der Waals surface area contributed by atoms with E-state index in [0.29, 0.717) is 5.69 Å². The Bertz CT molecular complexity index is 845. The number of rotatable bonds is 5. The first kappa shape index (κ1) is 16.5. The van der Waals surface area contributed by atoms with Crippen molar-refractivity contribution < 1.29 is 14.7 Å². The number of carbonyl (C=O) groups excluding carboxylic acids is 1. The van der Waals surface area contributed by atoms with E-state index in [1.54, 1.807) is 12.4 Å². The fraction of sp³-hybridized carbons (Fsp3) is 0.286. The van der Waals surface area contributed by atoms with Crippen LogP contribution in [0.3, 0.4) is 0 Å². The summed E-state index contributed by atoms with van der Waals surface area (Å²) in [6.07, 6.45) is 9.04. The molecule has 4 atom stereocenters. The molecule has 2 bridgehead atoms. The Morgan fingerprint density at radius 3 is 2.23 bits per heavy atom. The van der Waals surface area contributed by atoms with E-state index in [9.17, 15) is 14.7 Å². The van der Waals surface area contributed by atoms with Crippen LogP contribution < -0.4 is 5.32 Å². The van der Waals surface area contributed by atoms with E-state index in [0.717, 1.165) is 18.4 Å². The van der Waals surface area contributed by atoms with Crippen LogP contribution in [0.4, 0.5) is 5.69 Å². The molecule has 2 aromatic rings. The summed E-state index contributed by atoms with van der Waals surface area (Å²) in [6.45, 7) is 0. The van der Waals surface area contributed by atoms with E-state index < -0.39 is 17.8 Å². The predicted octanol–water partition coefficient (Wildman–Crippen LogP) is 3.13. The number of carbonyl (C=O) groups is 2. The zero-order chi connectivity index (χ0) is 18.1. The van der Waals surface area contributed by atoms with Gasteiger partial charge in [0.05, 0.1) is 11.8 Å². The van der Waals surface area contributed by atoms with Crippen LogP contribution in [0.2, 0.25) is 0 Å². The summed E-state index contributed by atoms with van der Waals surface area (Å²) in [4.78, 5) is 28.3. The van der Waals surface area contributed by atoms with Crippen molar-refractivity contribution in [2.75, 3.05) is 5.32 Å². The highest BCUT2D eigenvalue weighted by atomic mass is 16.4. The van der Waals surface area contributed by atoms with Gasteiger partial charge in [-0.05, 0) is 60.1 Å². The quantitative estimate of drug-likeness (QED) is 0.814. The number of aliphatic carboxylic acids is 1. The van der Waals surface area contributed by atoms with Crippen molar-refractivity contribution in [2.24, 2.45) is 23.7 Å². The number of nitrogens with zero attached hydrogens (tertiary/aromatic N) is 1. The molecule has 4 rings (SSSR count). The summed E-state index contributed by atoms with van der Waals surface area (Å²) >= 11 is 0. The number of pyridine rings is 1. The van der Waals surface area contributed by atoms with Crippen molar-refractivity contribution in [2.45, 2.75) is 12.8 Å². The maximum absolute atomic E-state index is 12.7. The van der Waals surface area contributed by atoms with Gasteiger partial charge < -0.3 is 10.4 Å². The van der Waals surface area contributed by atoms with Crippen LogP contribution in [-0.4, -0.2) is 22.0 Å². The van der Waals surface area contributed by atoms with E-state index in [1.807, 2.05) is 48.6 Å². The zero-order valence-corrected chi connectivity index (χ0v) is 14.2. The lowest BCUT2D eigenvalue weighted by Gasteiger charge is -2.23. The van der Waals surface area contributed by atoms with Gasteiger partial charge in [-0.2, -0.15) is 0 Å². The summed E-state index contributed by atoms with van der Waals surface area (Å²) in [6, 6.07) is 11.6. The topological polar surface area (TPSA) is 79.3 Å². The molecular formula is C21H20N2O3. The number of carboxylic acids is 1. The largest absolute Gasteiger partial charge is 0.481 e. The summed E-state index contributed by atoms with van der Waals surface area (Å²) in [5.41, 5.74) is 3.01. The van der Waals surface area contributed by atoms with Crippen LogP contribution in [-0.2, 0) is 16.0 Å². The molecule has 0 unspecified atom stereocenters. The minimum Gasteiger partial charge on any atom is -0.481 e. The maximum Gasteiger partial charge on any atom is 0.307 e. The van der Waals surface area contributed by atoms with Crippen molar-refractivity contribution in [3.63, 3.8) is 0 Å². The molecular weight excluding hydrogens is 328 g/mol. The van der Waals surface area contributed by atoms with E-state index in [4.69, 9.17) is 0 Å². The van der Waals surface area contributed by atoms with Crippen LogP contribution in [0.1, 0.15) is 17.5 Å². The lowest BCUT2D eigenvalue weighted by atomic mass is 9.82. The van der Waals surface area contributed by atoms with Crippen LogP contribution >= 0.6 is 0 Å². The van der Waals surface area contributed by atoms with Crippen LogP contribution in [0.15, 0.2) is 60.9 Å². The summed E-state index contributed by atoms with van der Waals surface area (Å²) in [5.74, 6) is -2.16. The van der Waals surface area contributed by atoms with E-state index in [1.165, 1.54) is 5.56 Å². The number of hydrogen-bond acceptors (Lipinski definition) is 3. The number of amides is 1. The molecule has 0 spiro atoms. The standard InChI is InChI=1S/C21H20N2O3/c24-20(18-15-3-4-16(12-15)19(18)21(25)26)23-17-5-1-13(2-6-17)11-14-7-9-22-10-8-14/h1-10,15-16,18-19H,11-12H2,(H,23,24)(H,25,26)/t15-,16-,18+,19+/m0/s1. The monoisotopic (exact) mass is 348 g/mol. The fourth-order valence-corrected chi connectivity index (χ4v) is 4.18. The van der Waals surface area contributed by atoms with Crippen LogP contribution in [0.5, 0.6) is 0 Å². The molecule has 1 heterocycles. The molecule has 2 aliphatic rings. The third-order valence-corrected chi connectivity index (χ3v) is 5.43. The van der Waals surface area contributed by atoms with Gasteiger partial charge in [0.1, 0.15) is 0 Å². The molecule has 1 saturated carbocycles. The Kier molecular flexibility index (Phi) is 4.29. The number of aromatic nitrogens is 1. The van der Waals surface area contributed by atoms with Crippen LogP contribution in [0.25, 0.3) is 0 Å². The molecule has 1 aromatic heterocycles. The Labute approximate surface area is 151 Å². The van der Waals surface area contributed by atoms with Crippen molar-refractivity contribution in [1.29, 1.82) is 0 Å². The van der Waals surface area contributed by atoms with E-state index in [2.05, 4.69) is 10.3 Å². The van der Waals surface area contributed by atoms with Gasteiger partial charge in [0.25, 0.3) is 0 Å². The molecule has 0 saturated heterocycles. The predicted molar refractivity (Wildman–Crippen MR) is 97.5 cm³/mol. The van der Waals surface area contributed by atoms with Crippen molar-refractivity contribution in [3.05, 3.63) is 72.1 Å². The molecule has 5 heteroatoms.